The first-order valence-electron chi connectivity index (χ1n) is 6.02. The minimum atomic E-state index is 0.661. The van der Waals surface area contributed by atoms with Crippen LogP contribution < -0.4 is 10.5 Å². The summed E-state index contributed by atoms with van der Waals surface area (Å²) in [5, 5.41) is 0. The first-order chi connectivity index (χ1) is 8.79. The molecule has 0 radical (unpaired) electrons. The van der Waals surface area contributed by atoms with Gasteiger partial charge in [-0.1, -0.05) is 15.9 Å². The Labute approximate surface area is 116 Å². The lowest BCUT2D eigenvalue weighted by Crippen LogP contribution is -2.12. The molecule has 0 spiro atoms. The predicted molar refractivity (Wildman–Crippen MR) is 76.8 cm³/mol. The first kappa shape index (κ1) is 13.2. The third-order valence-electron chi connectivity index (χ3n) is 2.74. The molecule has 0 atom stereocenters. The Bertz CT molecular complexity index is 479. The fraction of sp³-hybridized carbons (Fsp3) is 0.286. The van der Waals surface area contributed by atoms with Crippen molar-refractivity contribution in [3.63, 3.8) is 0 Å². The van der Waals surface area contributed by atoms with Crippen LogP contribution in [0.2, 0.25) is 0 Å². The number of aromatic nitrogens is 1. The van der Waals surface area contributed by atoms with E-state index in [1.54, 1.807) is 0 Å². The maximum Gasteiger partial charge on any atom is 0.119 e. The van der Waals surface area contributed by atoms with Crippen molar-refractivity contribution in [2.45, 2.75) is 13.0 Å². The second-order valence-corrected chi connectivity index (χ2v) is 4.95. The second-order valence-electron chi connectivity index (χ2n) is 4.03. The van der Waals surface area contributed by atoms with Gasteiger partial charge in [-0.3, -0.25) is 0 Å². The molecule has 0 fully saturated rings. The van der Waals surface area contributed by atoms with Crippen LogP contribution in [0.15, 0.2) is 47.1 Å². The van der Waals surface area contributed by atoms with Gasteiger partial charge in [0.25, 0.3) is 0 Å². The van der Waals surface area contributed by atoms with Crippen LogP contribution in [0.5, 0.6) is 5.75 Å². The van der Waals surface area contributed by atoms with Gasteiger partial charge in [0, 0.05) is 16.4 Å². The van der Waals surface area contributed by atoms with Gasteiger partial charge in [0.15, 0.2) is 0 Å². The molecule has 0 aliphatic rings. The zero-order chi connectivity index (χ0) is 12.8. The van der Waals surface area contributed by atoms with Crippen molar-refractivity contribution < 1.29 is 4.74 Å². The molecular weight excluding hydrogens is 292 g/mol. The van der Waals surface area contributed by atoms with E-state index in [-0.39, 0.29) is 0 Å². The molecule has 0 unspecified atom stereocenters. The predicted octanol–water partition coefficient (Wildman–Crippen LogP) is 2.83. The van der Waals surface area contributed by atoms with E-state index in [0.717, 1.165) is 23.2 Å². The van der Waals surface area contributed by atoms with E-state index >= 15 is 0 Å². The van der Waals surface area contributed by atoms with E-state index in [2.05, 4.69) is 32.8 Å². The maximum atomic E-state index is 5.69. The Kier molecular flexibility index (Phi) is 4.84. The lowest BCUT2D eigenvalue weighted by atomic mass is 10.3. The number of nitrogens with two attached hydrogens (primary N) is 1. The van der Waals surface area contributed by atoms with Gasteiger partial charge in [-0.25, -0.2) is 0 Å². The quantitative estimate of drug-likeness (QED) is 0.891. The van der Waals surface area contributed by atoms with Gasteiger partial charge in [-0.15, -0.1) is 0 Å². The molecule has 1 aromatic heterocycles. The van der Waals surface area contributed by atoms with Gasteiger partial charge in [0.05, 0.1) is 6.54 Å². The Hall–Kier alpha value is -1.26. The molecule has 18 heavy (non-hydrogen) atoms. The molecule has 4 heteroatoms. The molecule has 2 rings (SSSR count). The number of hydrogen-bond acceptors (Lipinski definition) is 2. The molecule has 0 bridgehead atoms. The largest absolute Gasteiger partial charge is 0.492 e. The lowest BCUT2D eigenvalue weighted by Gasteiger charge is -2.10. The highest BCUT2D eigenvalue weighted by Crippen LogP contribution is 2.16. The molecule has 1 heterocycles. The van der Waals surface area contributed by atoms with Gasteiger partial charge in [0.2, 0.25) is 0 Å². The van der Waals surface area contributed by atoms with Gasteiger partial charge < -0.3 is 15.0 Å². The highest BCUT2D eigenvalue weighted by molar-refractivity contribution is 9.10. The molecule has 2 N–H and O–H groups in total. The number of ether oxygens (including phenoxy) is 1. The fourth-order valence-corrected chi connectivity index (χ4v) is 2.10. The Morgan fingerprint density at radius 2 is 1.94 bits per heavy atom. The summed E-state index contributed by atoms with van der Waals surface area (Å²) in [6.07, 6.45) is 2.97. The van der Waals surface area contributed by atoms with Crippen LogP contribution in [-0.2, 0) is 13.0 Å². The van der Waals surface area contributed by atoms with Crippen LogP contribution >= 0.6 is 15.9 Å². The van der Waals surface area contributed by atoms with Gasteiger partial charge in [0.1, 0.15) is 12.4 Å². The molecule has 1 aromatic carbocycles. The van der Waals surface area contributed by atoms with E-state index < -0.39 is 0 Å². The smallest absolute Gasteiger partial charge is 0.119 e. The van der Waals surface area contributed by atoms with Crippen molar-refractivity contribution >= 4 is 15.9 Å². The van der Waals surface area contributed by atoms with Gasteiger partial charge in [-0.05, 0) is 49.4 Å². The second kappa shape index (κ2) is 6.61. The zero-order valence-corrected chi connectivity index (χ0v) is 11.8. The third kappa shape index (κ3) is 3.62. The molecule has 96 valence electrons. The standard InChI is InChI=1S/C14H17BrN2O/c15-12-3-5-14(6-4-12)18-11-10-17-9-1-2-13(17)7-8-16/h1-6,9H,7-8,10-11,16H2. The van der Waals surface area contributed by atoms with E-state index in [1.807, 2.05) is 30.3 Å². The maximum absolute atomic E-state index is 5.69. The van der Waals surface area contributed by atoms with Gasteiger partial charge in [-0.2, -0.15) is 0 Å². The average Bonchev–Trinajstić information content (AvgIpc) is 2.80. The summed E-state index contributed by atoms with van der Waals surface area (Å²) in [6, 6.07) is 12.0. The van der Waals surface area contributed by atoms with Crippen LogP contribution in [0.4, 0.5) is 0 Å². The molecule has 3 nitrogen and oxygen atoms in total. The zero-order valence-electron chi connectivity index (χ0n) is 10.2. The van der Waals surface area contributed by atoms with Crippen LogP contribution in [0.1, 0.15) is 5.69 Å². The normalized spacial score (nSPS) is 10.6. The van der Waals surface area contributed by atoms with E-state index in [1.165, 1.54) is 5.69 Å². The number of nitrogens with zero attached hydrogens (tertiary/aromatic N) is 1. The van der Waals surface area contributed by atoms with Crippen LogP contribution in [-0.4, -0.2) is 17.7 Å². The summed E-state index contributed by atoms with van der Waals surface area (Å²) < 4.78 is 8.94. The van der Waals surface area contributed by atoms with Gasteiger partial charge >= 0.3 is 0 Å². The van der Waals surface area contributed by atoms with Crippen molar-refractivity contribution in [3.05, 3.63) is 52.8 Å². The minimum Gasteiger partial charge on any atom is -0.492 e. The number of benzene rings is 1. The van der Waals surface area contributed by atoms with Crippen molar-refractivity contribution in [2.24, 2.45) is 5.73 Å². The molecule has 0 saturated heterocycles. The molecule has 2 aromatic rings. The van der Waals surface area contributed by atoms with Crippen molar-refractivity contribution in [3.8, 4) is 5.75 Å². The molecule has 0 aliphatic carbocycles. The molecule has 0 amide bonds. The summed E-state index contributed by atoms with van der Waals surface area (Å²) in [5.74, 6) is 0.894. The van der Waals surface area contributed by atoms with Crippen LogP contribution in [0, 0.1) is 0 Å². The number of hydrogen-bond donors (Lipinski definition) is 1. The lowest BCUT2D eigenvalue weighted by molar-refractivity contribution is 0.297. The first-order valence-corrected chi connectivity index (χ1v) is 6.81. The summed E-state index contributed by atoms with van der Waals surface area (Å²) in [7, 11) is 0. The minimum absolute atomic E-state index is 0.661. The fourth-order valence-electron chi connectivity index (χ4n) is 1.84. The summed E-state index contributed by atoms with van der Waals surface area (Å²) in [4.78, 5) is 0. The average molecular weight is 309 g/mol. The molecular formula is C14H17BrN2O. The van der Waals surface area contributed by atoms with E-state index in [9.17, 15) is 0 Å². The Morgan fingerprint density at radius 1 is 1.17 bits per heavy atom. The molecule has 0 saturated carbocycles. The highest BCUT2D eigenvalue weighted by atomic mass is 79.9. The van der Waals surface area contributed by atoms with Crippen LogP contribution in [0.25, 0.3) is 0 Å². The van der Waals surface area contributed by atoms with E-state index in [0.29, 0.717) is 13.2 Å². The topological polar surface area (TPSA) is 40.2 Å². The summed E-state index contributed by atoms with van der Waals surface area (Å²) in [5.41, 5.74) is 6.83. The number of rotatable bonds is 6. The van der Waals surface area contributed by atoms with Crippen molar-refractivity contribution in [1.29, 1.82) is 0 Å². The molecule has 0 aliphatic heterocycles. The SMILES string of the molecule is NCCc1cccn1CCOc1ccc(Br)cc1. The monoisotopic (exact) mass is 308 g/mol. The summed E-state index contributed by atoms with van der Waals surface area (Å²) >= 11 is 3.40. The van der Waals surface area contributed by atoms with E-state index in [4.69, 9.17) is 10.5 Å². The Balaban J connectivity index is 1.84. The summed E-state index contributed by atoms with van der Waals surface area (Å²) in [6.45, 7) is 2.18. The van der Waals surface area contributed by atoms with Crippen molar-refractivity contribution in [2.75, 3.05) is 13.2 Å². The number of halogens is 1. The highest BCUT2D eigenvalue weighted by Gasteiger charge is 2.00. The van der Waals surface area contributed by atoms with Crippen molar-refractivity contribution in [1.82, 2.24) is 4.57 Å². The third-order valence-corrected chi connectivity index (χ3v) is 3.27. The Morgan fingerprint density at radius 3 is 2.67 bits per heavy atom. The van der Waals surface area contributed by atoms with Crippen LogP contribution in [0.3, 0.4) is 0 Å².